The zero-order valence-electron chi connectivity index (χ0n) is 19.1. The average molecular weight is 481 g/mol. The highest BCUT2D eigenvalue weighted by Crippen LogP contribution is 2.34. The van der Waals surface area contributed by atoms with Crippen LogP contribution in [0.25, 0.3) is 0 Å². The lowest BCUT2D eigenvalue weighted by Gasteiger charge is -2.16. The average Bonchev–Trinajstić information content (AvgIpc) is 2.79. The number of anilines is 2. The number of phenols is 1. The predicted molar refractivity (Wildman–Crippen MR) is 135 cm³/mol. The Bertz CT molecular complexity index is 1210. The summed E-state index contributed by atoms with van der Waals surface area (Å²) >= 11 is 4.22. The zero-order valence-corrected chi connectivity index (χ0v) is 20.0. The van der Waals surface area contributed by atoms with Crippen molar-refractivity contribution in [2.45, 2.75) is 44.4 Å². The number of carbonyl (C=O) groups excluding carboxylic acids is 2. The first-order valence-corrected chi connectivity index (χ1v) is 11.5. The largest absolute Gasteiger partial charge is 0.507 e. The minimum Gasteiger partial charge on any atom is -0.507 e. The number of hydrogen-bond donors (Lipinski definition) is 4. The Balaban J connectivity index is 2.01. The maximum Gasteiger partial charge on any atom is 0.347 e. The van der Waals surface area contributed by atoms with Crippen molar-refractivity contribution in [3.05, 3.63) is 70.8 Å². The fourth-order valence-corrected chi connectivity index (χ4v) is 3.74. The SMILES string of the molecule is CCCc1cc(N)cc(C(=O)Oc2ccc(S)cc2)c1OC(=O)c1ccc(N)c(CCC)c1O. The van der Waals surface area contributed by atoms with Crippen LogP contribution in [-0.2, 0) is 12.8 Å². The molecule has 0 amide bonds. The van der Waals surface area contributed by atoms with Crippen LogP contribution >= 0.6 is 12.6 Å². The summed E-state index contributed by atoms with van der Waals surface area (Å²) in [5, 5.41) is 10.7. The van der Waals surface area contributed by atoms with Crippen LogP contribution in [0.4, 0.5) is 11.4 Å². The summed E-state index contributed by atoms with van der Waals surface area (Å²) in [7, 11) is 0. The smallest absolute Gasteiger partial charge is 0.347 e. The Labute approximate surface area is 204 Å². The number of ether oxygens (including phenoxy) is 2. The van der Waals surface area contributed by atoms with Crippen molar-refractivity contribution >= 4 is 35.9 Å². The molecule has 0 unspecified atom stereocenters. The summed E-state index contributed by atoms with van der Waals surface area (Å²) in [6.45, 7) is 3.89. The molecule has 178 valence electrons. The molecule has 3 rings (SSSR count). The lowest BCUT2D eigenvalue weighted by molar-refractivity contribution is 0.0704. The summed E-state index contributed by atoms with van der Waals surface area (Å²) in [6.07, 6.45) is 2.47. The first-order chi connectivity index (χ1) is 16.2. The molecule has 0 aromatic heterocycles. The van der Waals surface area contributed by atoms with E-state index in [0.29, 0.717) is 46.0 Å². The summed E-state index contributed by atoms with van der Waals surface area (Å²) in [5.74, 6) is -1.42. The number of aryl methyl sites for hydroxylation is 1. The van der Waals surface area contributed by atoms with Gasteiger partial charge < -0.3 is 26.0 Å². The number of benzene rings is 3. The number of rotatable bonds is 8. The fraction of sp³-hybridized carbons (Fsp3) is 0.231. The Morgan fingerprint density at radius 3 is 2.18 bits per heavy atom. The molecule has 5 N–H and O–H groups in total. The monoisotopic (exact) mass is 480 g/mol. The summed E-state index contributed by atoms with van der Waals surface area (Å²) in [4.78, 5) is 26.9. The molecule has 0 spiro atoms. The van der Waals surface area contributed by atoms with Crippen LogP contribution in [-0.4, -0.2) is 17.0 Å². The van der Waals surface area contributed by atoms with Crippen LogP contribution < -0.4 is 20.9 Å². The zero-order chi connectivity index (χ0) is 24.8. The van der Waals surface area contributed by atoms with Gasteiger partial charge in [0.05, 0.1) is 0 Å². The van der Waals surface area contributed by atoms with Crippen LogP contribution in [0.3, 0.4) is 0 Å². The van der Waals surface area contributed by atoms with Crippen molar-refractivity contribution < 1.29 is 24.2 Å². The molecular weight excluding hydrogens is 452 g/mol. The number of phenolic OH excluding ortho intramolecular Hbond substituents is 1. The maximum atomic E-state index is 13.1. The quantitative estimate of drug-likeness (QED) is 0.151. The molecule has 0 aliphatic rings. The molecule has 0 radical (unpaired) electrons. The van der Waals surface area contributed by atoms with Gasteiger partial charge in [0.2, 0.25) is 0 Å². The number of aromatic hydroxyl groups is 1. The highest BCUT2D eigenvalue weighted by Gasteiger charge is 2.25. The van der Waals surface area contributed by atoms with Crippen molar-refractivity contribution in [1.82, 2.24) is 0 Å². The molecule has 0 fully saturated rings. The number of nitrogen functional groups attached to an aromatic ring is 2. The second-order valence-electron chi connectivity index (χ2n) is 7.86. The molecule has 0 bridgehead atoms. The Morgan fingerprint density at radius 1 is 0.882 bits per heavy atom. The molecule has 0 saturated heterocycles. The van der Waals surface area contributed by atoms with Gasteiger partial charge in [0.15, 0.2) is 0 Å². The minimum absolute atomic E-state index is 0.00969. The van der Waals surface area contributed by atoms with Crippen LogP contribution in [0.5, 0.6) is 17.2 Å². The van der Waals surface area contributed by atoms with E-state index in [0.717, 1.165) is 12.8 Å². The first kappa shape index (κ1) is 25.0. The normalized spacial score (nSPS) is 10.7. The topological polar surface area (TPSA) is 125 Å². The molecule has 0 heterocycles. The van der Waals surface area contributed by atoms with Gasteiger partial charge in [-0.2, -0.15) is 0 Å². The molecule has 0 saturated carbocycles. The number of hydrogen-bond acceptors (Lipinski definition) is 8. The van der Waals surface area contributed by atoms with E-state index in [-0.39, 0.29) is 22.6 Å². The van der Waals surface area contributed by atoms with Crippen molar-refractivity contribution in [2.75, 3.05) is 11.5 Å². The van der Waals surface area contributed by atoms with Crippen molar-refractivity contribution in [1.29, 1.82) is 0 Å². The number of thiol groups is 1. The molecule has 0 atom stereocenters. The molecule has 3 aromatic rings. The van der Waals surface area contributed by atoms with Gasteiger partial charge in [0.25, 0.3) is 0 Å². The van der Waals surface area contributed by atoms with Gasteiger partial charge in [-0.1, -0.05) is 26.7 Å². The van der Waals surface area contributed by atoms with Crippen LogP contribution in [0.2, 0.25) is 0 Å². The van der Waals surface area contributed by atoms with E-state index in [9.17, 15) is 14.7 Å². The lowest BCUT2D eigenvalue weighted by Crippen LogP contribution is -2.17. The van der Waals surface area contributed by atoms with E-state index in [1.807, 2.05) is 13.8 Å². The third-order valence-corrected chi connectivity index (χ3v) is 5.51. The molecule has 3 aromatic carbocycles. The van der Waals surface area contributed by atoms with Crippen molar-refractivity contribution in [2.24, 2.45) is 0 Å². The molecule has 34 heavy (non-hydrogen) atoms. The lowest BCUT2D eigenvalue weighted by atomic mass is 10.0. The van der Waals surface area contributed by atoms with E-state index in [2.05, 4.69) is 12.6 Å². The third kappa shape index (κ3) is 5.63. The van der Waals surface area contributed by atoms with E-state index >= 15 is 0 Å². The van der Waals surface area contributed by atoms with Crippen LogP contribution in [0.15, 0.2) is 53.4 Å². The number of nitrogens with two attached hydrogens (primary N) is 2. The first-order valence-electron chi connectivity index (χ1n) is 11.0. The van der Waals surface area contributed by atoms with Gasteiger partial charge >= 0.3 is 11.9 Å². The second kappa shape index (κ2) is 11.0. The van der Waals surface area contributed by atoms with Crippen LogP contribution in [0, 0.1) is 0 Å². The summed E-state index contributed by atoms with van der Waals surface area (Å²) < 4.78 is 11.2. The van der Waals surface area contributed by atoms with Gasteiger partial charge in [-0.05, 0) is 66.9 Å². The summed E-state index contributed by atoms with van der Waals surface area (Å²) in [6, 6.07) is 12.6. The van der Waals surface area contributed by atoms with Gasteiger partial charge in [-0.3, -0.25) is 0 Å². The number of carbonyl (C=O) groups is 2. The Morgan fingerprint density at radius 2 is 1.53 bits per heavy atom. The molecule has 0 aliphatic carbocycles. The third-order valence-electron chi connectivity index (χ3n) is 5.21. The van der Waals surface area contributed by atoms with Crippen LogP contribution in [0.1, 0.15) is 58.5 Å². The van der Waals surface area contributed by atoms with E-state index < -0.39 is 11.9 Å². The van der Waals surface area contributed by atoms with Gasteiger partial charge in [0, 0.05) is 21.8 Å². The highest BCUT2D eigenvalue weighted by atomic mass is 32.1. The molecule has 7 nitrogen and oxygen atoms in total. The molecule has 8 heteroatoms. The van der Waals surface area contributed by atoms with E-state index in [4.69, 9.17) is 20.9 Å². The Hall–Kier alpha value is -3.65. The van der Waals surface area contributed by atoms with E-state index in [1.165, 1.54) is 12.1 Å². The van der Waals surface area contributed by atoms with Gasteiger partial charge in [-0.15, -0.1) is 12.6 Å². The summed E-state index contributed by atoms with van der Waals surface area (Å²) in [5.41, 5.74) is 13.8. The standard InChI is InChI=1S/C26H28N2O5S/c1-3-5-15-13-16(27)14-21(26(31)32-17-7-9-18(34)10-8-17)24(15)33-25(30)20-11-12-22(28)19(6-4-2)23(20)29/h7-14,29,34H,3-6,27-28H2,1-2H3. The van der Waals surface area contributed by atoms with Crippen molar-refractivity contribution in [3.63, 3.8) is 0 Å². The van der Waals surface area contributed by atoms with Gasteiger partial charge in [0.1, 0.15) is 28.4 Å². The molecule has 0 aliphatic heterocycles. The highest BCUT2D eigenvalue weighted by molar-refractivity contribution is 7.80. The number of esters is 2. The second-order valence-corrected chi connectivity index (χ2v) is 8.38. The fourth-order valence-electron chi connectivity index (χ4n) is 3.59. The van der Waals surface area contributed by atoms with Crippen molar-refractivity contribution in [3.8, 4) is 17.2 Å². The van der Waals surface area contributed by atoms with Gasteiger partial charge in [-0.25, -0.2) is 9.59 Å². The maximum absolute atomic E-state index is 13.1. The predicted octanol–water partition coefficient (Wildman–Crippen LogP) is 5.19. The van der Waals surface area contributed by atoms with E-state index in [1.54, 1.807) is 36.4 Å². The minimum atomic E-state index is -0.814. The Kier molecular flexibility index (Phi) is 8.07. The molecular formula is C26H28N2O5S.